The fourth-order valence-corrected chi connectivity index (χ4v) is 1.61. The quantitative estimate of drug-likeness (QED) is 0.675. The first kappa shape index (κ1) is 8.82. The Balaban J connectivity index is 2.52. The lowest BCUT2D eigenvalue weighted by molar-refractivity contribution is 1.47. The highest BCUT2D eigenvalue weighted by molar-refractivity contribution is 5.68. The van der Waals surface area contributed by atoms with Crippen LogP contribution in [-0.4, -0.2) is 0 Å². The van der Waals surface area contributed by atoms with E-state index in [0.717, 1.165) is 5.69 Å². The van der Waals surface area contributed by atoms with E-state index in [-0.39, 0.29) is 0 Å². The summed E-state index contributed by atoms with van der Waals surface area (Å²) in [5.74, 6) is 0. The molecular formula is C13H13N. The van der Waals surface area contributed by atoms with Crippen LogP contribution in [0.25, 0.3) is 11.1 Å². The van der Waals surface area contributed by atoms with Crippen LogP contribution in [0, 0.1) is 6.92 Å². The average molecular weight is 183 g/mol. The van der Waals surface area contributed by atoms with Crippen molar-refractivity contribution in [3.63, 3.8) is 0 Å². The van der Waals surface area contributed by atoms with Crippen molar-refractivity contribution in [3.05, 3.63) is 54.1 Å². The predicted molar refractivity (Wildman–Crippen MR) is 61.0 cm³/mol. The first-order valence-electron chi connectivity index (χ1n) is 4.68. The van der Waals surface area contributed by atoms with Crippen LogP contribution in [0.5, 0.6) is 0 Å². The highest BCUT2D eigenvalue weighted by Crippen LogP contribution is 2.22. The van der Waals surface area contributed by atoms with E-state index < -0.39 is 0 Å². The van der Waals surface area contributed by atoms with Gasteiger partial charge in [-0.05, 0) is 35.7 Å². The van der Waals surface area contributed by atoms with Crippen LogP contribution in [0.2, 0.25) is 0 Å². The maximum Gasteiger partial charge on any atom is 0.0322 e. The third-order valence-electron chi connectivity index (χ3n) is 2.21. The minimum absolute atomic E-state index is 0.823. The molecule has 0 bridgehead atoms. The molecule has 70 valence electrons. The smallest absolute Gasteiger partial charge is 0.0322 e. The van der Waals surface area contributed by atoms with Gasteiger partial charge in [-0.25, -0.2) is 0 Å². The first-order chi connectivity index (χ1) is 6.75. The maximum atomic E-state index is 5.80. The van der Waals surface area contributed by atoms with Crippen molar-refractivity contribution in [2.45, 2.75) is 6.92 Å². The van der Waals surface area contributed by atoms with Gasteiger partial charge >= 0.3 is 0 Å². The maximum absolute atomic E-state index is 5.80. The zero-order valence-electron chi connectivity index (χ0n) is 8.20. The lowest BCUT2D eigenvalue weighted by atomic mass is 10.0. The number of aryl methyl sites for hydroxylation is 1. The summed E-state index contributed by atoms with van der Waals surface area (Å²) in [4.78, 5) is 0. The Morgan fingerprint density at radius 1 is 0.857 bits per heavy atom. The van der Waals surface area contributed by atoms with Crippen LogP contribution in [0.15, 0.2) is 48.5 Å². The zero-order valence-corrected chi connectivity index (χ0v) is 8.20. The van der Waals surface area contributed by atoms with Crippen LogP contribution < -0.4 is 5.73 Å². The van der Waals surface area contributed by atoms with Gasteiger partial charge in [0.25, 0.3) is 0 Å². The Kier molecular flexibility index (Phi) is 2.23. The molecule has 0 atom stereocenters. The molecule has 2 N–H and O–H groups in total. The van der Waals surface area contributed by atoms with Crippen molar-refractivity contribution in [1.82, 2.24) is 0 Å². The van der Waals surface area contributed by atoms with Gasteiger partial charge in [0.15, 0.2) is 0 Å². The molecule has 0 aliphatic rings. The summed E-state index contributed by atoms with van der Waals surface area (Å²) in [7, 11) is 0. The third-order valence-corrected chi connectivity index (χ3v) is 2.21. The van der Waals surface area contributed by atoms with Crippen molar-refractivity contribution >= 4 is 5.69 Å². The lowest BCUT2D eigenvalue weighted by Crippen LogP contribution is -1.87. The molecule has 0 spiro atoms. The number of benzene rings is 2. The second kappa shape index (κ2) is 3.54. The van der Waals surface area contributed by atoms with E-state index >= 15 is 0 Å². The van der Waals surface area contributed by atoms with Crippen LogP contribution >= 0.6 is 0 Å². The summed E-state index contributed by atoms with van der Waals surface area (Å²) in [5, 5.41) is 0. The molecule has 0 amide bonds. The molecule has 14 heavy (non-hydrogen) atoms. The van der Waals surface area contributed by atoms with E-state index in [0.29, 0.717) is 0 Å². The summed E-state index contributed by atoms with van der Waals surface area (Å²) in [5.41, 5.74) is 10.2. The van der Waals surface area contributed by atoms with Gasteiger partial charge in [0.05, 0.1) is 0 Å². The van der Waals surface area contributed by atoms with E-state index in [1.165, 1.54) is 16.7 Å². The topological polar surface area (TPSA) is 26.0 Å². The standard InChI is InChI=1S/C13H13N/c1-10-7-12(9-13(14)8-10)11-5-3-2-4-6-11/h2-9H,14H2,1H3. The molecule has 1 heteroatoms. The van der Waals surface area contributed by atoms with Gasteiger partial charge in [-0.2, -0.15) is 0 Å². The van der Waals surface area contributed by atoms with Gasteiger partial charge in [0.2, 0.25) is 0 Å². The third kappa shape index (κ3) is 1.77. The normalized spacial score (nSPS) is 10.1. The molecule has 2 rings (SSSR count). The molecule has 0 radical (unpaired) electrons. The zero-order chi connectivity index (χ0) is 9.97. The molecule has 0 heterocycles. The average Bonchev–Trinajstić information content (AvgIpc) is 2.18. The molecule has 2 aromatic rings. The van der Waals surface area contributed by atoms with Gasteiger partial charge in [-0.1, -0.05) is 36.4 Å². The van der Waals surface area contributed by atoms with E-state index in [4.69, 9.17) is 5.73 Å². The molecule has 0 aliphatic heterocycles. The number of anilines is 1. The van der Waals surface area contributed by atoms with Gasteiger partial charge < -0.3 is 5.73 Å². The summed E-state index contributed by atoms with van der Waals surface area (Å²) >= 11 is 0. The molecule has 0 saturated carbocycles. The summed E-state index contributed by atoms with van der Waals surface area (Å²) < 4.78 is 0. The number of hydrogen-bond acceptors (Lipinski definition) is 1. The number of nitrogens with two attached hydrogens (primary N) is 1. The molecule has 1 nitrogen and oxygen atoms in total. The largest absolute Gasteiger partial charge is 0.399 e. The SMILES string of the molecule is Cc1cc(N)cc(-c2ccccc2)c1. The monoisotopic (exact) mass is 183 g/mol. The van der Waals surface area contributed by atoms with Crippen molar-refractivity contribution in [2.24, 2.45) is 0 Å². The molecular weight excluding hydrogens is 170 g/mol. The first-order valence-corrected chi connectivity index (χ1v) is 4.68. The van der Waals surface area contributed by atoms with E-state index in [1.54, 1.807) is 0 Å². The Hall–Kier alpha value is -1.76. The summed E-state index contributed by atoms with van der Waals surface area (Å²) in [6.45, 7) is 2.06. The fraction of sp³-hybridized carbons (Fsp3) is 0.0769. The lowest BCUT2D eigenvalue weighted by Gasteiger charge is -2.04. The van der Waals surface area contributed by atoms with E-state index in [9.17, 15) is 0 Å². The summed E-state index contributed by atoms with van der Waals surface area (Å²) in [6, 6.07) is 16.4. The number of rotatable bonds is 1. The van der Waals surface area contributed by atoms with Crippen LogP contribution in [0.4, 0.5) is 5.69 Å². The Labute approximate surface area is 84.2 Å². The van der Waals surface area contributed by atoms with Crippen molar-refractivity contribution in [1.29, 1.82) is 0 Å². The van der Waals surface area contributed by atoms with Gasteiger partial charge in [-0.3, -0.25) is 0 Å². The molecule has 2 aromatic carbocycles. The summed E-state index contributed by atoms with van der Waals surface area (Å²) in [6.07, 6.45) is 0. The second-order valence-electron chi connectivity index (χ2n) is 3.50. The molecule has 0 aromatic heterocycles. The number of hydrogen-bond donors (Lipinski definition) is 1. The van der Waals surface area contributed by atoms with Crippen LogP contribution in [0.1, 0.15) is 5.56 Å². The van der Waals surface area contributed by atoms with Gasteiger partial charge in [-0.15, -0.1) is 0 Å². The fourth-order valence-electron chi connectivity index (χ4n) is 1.61. The van der Waals surface area contributed by atoms with Gasteiger partial charge in [0, 0.05) is 5.69 Å². The second-order valence-corrected chi connectivity index (χ2v) is 3.50. The predicted octanol–water partition coefficient (Wildman–Crippen LogP) is 3.24. The van der Waals surface area contributed by atoms with Crippen molar-refractivity contribution in [3.8, 4) is 11.1 Å². The van der Waals surface area contributed by atoms with E-state index in [2.05, 4.69) is 25.1 Å². The Morgan fingerprint density at radius 2 is 1.57 bits per heavy atom. The molecule has 0 fully saturated rings. The molecule has 0 aliphatic carbocycles. The van der Waals surface area contributed by atoms with Crippen molar-refractivity contribution < 1.29 is 0 Å². The van der Waals surface area contributed by atoms with Gasteiger partial charge in [0.1, 0.15) is 0 Å². The Morgan fingerprint density at radius 3 is 2.21 bits per heavy atom. The molecule has 0 saturated heterocycles. The van der Waals surface area contributed by atoms with Crippen LogP contribution in [0.3, 0.4) is 0 Å². The van der Waals surface area contributed by atoms with E-state index in [1.807, 2.05) is 30.3 Å². The minimum Gasteiger partial charge on any atom is -0.399 e. The Bertz CT molecular complexity index is 412. The number of nitrogen functional groups attached to an aromatic ring is 1. The van der Waals surface area contributed by atoms with Crippen molar-refractivity contribution in [2.75, 3.05) is 5.73 Å². The minimum atomic E-state index is 0.823. The highest BCUT2D eigenvalue weighted by Gasteiger charge is 1.98. The van der Waals surface area contributed by atoms with Crippen LogP contribution in [-0.2, 0) is 0 Å². The molecule has 0 unspecified atom stereocenters. The highest BCUT2D eigenvalue weighted by atomic mass is 14.5.